The van der Waals surface area contributed by atoms with Gasteiger partial charge in [0, 0.05) is 38.7 Å². The van der Waals surface area contributed by atoms with E-state index in [0.29, 0.717) is 19.0 Å². The van der Waals surface area contributed by atoms with E-state index in [-0.39, 0.29) is 11.9 Å². The molecule has 1 aliphatic rings. The van der Waals surface area contributed by atoms with Crippen molar-refractivity contribution < 1.29 is 4.79 Å². The highest BCUT2D eigenvalue weighted by molar-refractivity contribution is 5.87. The Kier molecular flexibility index (Phi) is 4.32. The molecule has 136 valence electrons. The Hall–Kier alpha value is -2.90. The molecule has 26 heavy (non-hydrogen) atoms. The van der Waals surface area contributed by atoms with Crippen LogP contribution in [0.25, 0.3) is 11.0 Å². The van der Waals surface area contributed by atoms with Crippen LogP contribution in [0.4, 0.5) is 5.82 Å². The first-order chi connectivity index (χ1) is 12.6. The smallest absolute Gasteiger partial charge is 0.242 e. The molecule has 4 heterocycles. The number of amides is 1. The molecule has 0 radical (unpaired) electrons. The van der Waals surface area contributed by atoms with Crippen LogP contribution < -0.4 is 4.90 Å². The van der Waals surface area contributed by atoms with Gasteiger partial charge in [0.25, 0.3) is 0 Å². The summed E-state index contributed by atoms with van der Waals surface area (Å²) in [5.41, 5.74) is 0.832. The van der Waals surface area contributed by atoms with E-state index in [1.54, 1.807) is 18.9 Å². The molecule has 0 saturated carbocycles. The second-order valence-electron chi connectivity index (χ2n) is 6.96. The molecule has 0 aromatic carbocycles. The summed E-state index contributed by atoms with van der Waals surface area (Å²) in [5.74, 6) is 1.50. The molecule has 0 aliphatic carbocycles. The number of hydrogen-bond acceptors (Lipinski definition) is 5. The quantitative estimate of drug-likeness (QED) is 0.769. The van der Waals surface area contributed by atoms with Crippen LogP contribution >= 0.6 is 0 Å². The van der Waals surface area contributed by atoms with Crippen molar-refractivity contribution in [2.75, 3.05) is 25.0 Å². The summed E-state index contributed by atoms with van der Waals surface area (Å²) in [4.78, 5) is 32.7. The van der Waals surface area contributed by atoms with E-state index in [1.807, 2.05) is 27.9 Å². The van der Waals surface area contributed by atoms with Gasteiger partial charge in [-0.2, -0.15) is 0 Å². The third kappa shape index (κ3) is 3.02. The van der Waals surface area contributed by atoms with E-state index in [2.05, 4.69) is 38.8 Å². The van der Waals surface area contributed by atoms with E-state index in [0.717, 1.165) is 29.8 Å². The van der Waals surface area contributed by atoms with Gasteiger partial charge < -0.3 is 19.4 Å². The van der Waals surface area contributed by atoms with E-state index in [1.165, 1.54) is 0 Å². The molecule has 2 unspecified atom stereocenters. The van der Waals surface area contributed by atoms with E-state index in [4.69, 9.17) is 0 Å². The number of fused-ring (bicyclic) bond motifs is 1. The Bertz CT molecular complexity index is 888. The molecule has 1 amide bonds. The monoisotopic (exact) mass is 353 g/mol. The van der Waals surface area contributed by atoms with E-state index < -0.39 is 0 Å². The highest BCUT2D eigenvalue weighted by Crippen LogP contribution is 2.28. The number of piperidine rings is 1. The largest absolute Gasteiger partial charge is 0.354 e. The number of anilines is 1. The van der Waals surface area contributed by atoms with Crippen molar-refractivity contribution in [3.63, 3.8) is 0 Å². The second-order valence-corrected chi connectivity index (χ2v) is 6.96. The van der Waals surface area contributed by atoms with Gasteiger partial charge in [0.1, 0.15) is 24.3 Å². The molecule has 3 aromatic heterocycles. The van der Waals surface area contributed by atoms with Crippen LogP contribution in [-0.4, -0.2) is 61.5 Å². The molecular formula is C18H23N7O. The topological polar surface area (TPSA) is 82.9 Å². The molecule has 8 heteroatoms. The lowest BCUT2D eigenvalue weighted by molar-refractivity contribution is -0.133. The van der Waals surface area contributed by atoms with E-state index in [9.17, 15) is 4.79 Å². The van der Waals surface area contributed by atoms with Crippen molar-refractivity contribution in [1.82, 2.24) is 29.4 Å². The van der Waals surface area contributed by atoms with Crippen molar-refractivity contribution in [3.8, 4) is 0 Å². The zero-order chi connectivity index (χ0) is 18.1. The van der Waals surface area contributed by atoms with Gasteiger partial charge >= 0.3 is 0 Å². The number of hydrogen-bond donors (Lipinski definition) is 1. The summed E-state index contributed by atoms with van der Waals surface area (Å²) in [6, 6.07) is 2.21. The lowest BCUT2D eigenvalue weighted by Gasteiger charge is -2.42. The van der Waals surface area contributed by atoms with Crippen molar-refractivity contribution in [1.29, 1.82) is 0 Å². The number of rotatable bonds is 4. The molecule has 1 aliphatic heterocycles. The maximum atomic E-state index is 12.7. The van der Waals surface area contributed by atoms with Gasteiger partial charge in [-0.05, 0) is 18.4 Å². The predicted octanol–water partition coefficient (Wildman–Crippen LogP) is 1.53. The number of carbonyl (C=O) groups excluding carboxylic acids is 1. The van der Waals surface area contributed by atoms with Crippen LogP contribution in [0, 0.1) is 5.92 Å². The Labute approximate surface area is 151 Å². The minimum absolute atomic E-state index is 0.128. The molecule has 2 atom stereocenters. The number of likely N-dealkylation sites (tertiary alicyclic amines) is 1. The minimum Gasteiger partial charge on any atom is -0.354 e. The van der Waals surface area contributed by atoms with Crippen molar-refractivity contribution in [2.24, 2.45) is 5.92 Å². The highest BCUT2D eigenvalue weighted by atomic mass is 16.2. The number of H-pyrrole nitrogens is 1. The average Bonchev–Trinajstić information content (AvgIpc) is 3.32. The fourth-order valence-corrected chi connectivity index (χ4v) is 3.71. The first-order valence-corrected chi connectivity index (χ1v) is 8.88. The fourth-order valence-electron chi connectivity index (χ4n) is 3.71. The Morgan fingerprint density at radius 2 is 2.31 bits per heavy atom. The number of aromatic amines is 1. The minimum atomic E-state index is 0.128. The first-order valence-electron chi connectivity index (χ1n) is 8.88. The van der Waals surface area contributed by atoms with Gasteiger partial charge in [-0.1, -0.05) is 6.92 Å². The third-order valence-electron chi connectivity index (χ3n) is 5.31. The van der Waals surface area contributed by atoms with Crippen LogP contribution in [0.1, 0.15) is 13.3 Å². The highest BCUT2D eigenvalue weighted by Gasteiger charge is 2.32. The zero-order valence-electron chi connectivity index (χ0n) is 15.0. The lowest BCUT2D eigenvalue weighted by Crippen LogP contribution is -2.53. The summed E-state index contributed by atoms with van der Waals surface area (Å²) in [6.45, 7) is 4.07. The van der Waals surface area contributed by atoms with Crippen LogP contribution in [-0.2, 0) is 11.3 Å². The molecule has 0 bridgehead atoms. The van der Waals surface area contributed by atoms with Gasteiger partial charge in [0.15, 0.2) is 0 Å². The molecular weight excluding hydrogens is 330 g/mol. The number of nitrogens with one attached hydrogen (secondary N) is 1. The summed E-state index contributed by atoms with van der Waals surface area (Å²) in [5, 5.41) is 1.00. The van der Waals surface area contributed by atoms with Crippen LogP contribution in [0.5, 0.6) is 0 Å². The number of carbonyl (C=O) groups is 1. The maximum Gasteiger partial charge on any atom is 0.242 e. The molecule has 1 N–H and O–H groups in total. The van der Waals surface area contributed by atoms with Gasteiger partial charge in [0.05, 0.1) is 17.8 Å². The third-order valence-corrected chi connectivity index (χ3v) is 5.31. The normalized spacial score (nSPS) is 20.5. The van der Waals surface area contributed by atoms with Crippen LogP contribution in [0.3, 0.4) is 0 Å². The van der Waals surface area contributed by atoms with Crippen molar-refractivity contribution in [2.45, 2.75) is 25.9 Å². The Balaban J connectivity index is 1.53. The van der Waals surface area contributed by atoms with Crippen LogP contribution in [0.15, 0.2) is 37.3 Å². The first kappa shape index (κ1) is 16.6. The van der Waals surface area contributed by atoms with Crippen molar-refractivity contribution >= 4 is 22.8 Å². The maximum absolute atomic E-state index is 12.7. The molecule has 8 nitrogen and oxygen atoms in total. The van der Waals surface area contributed by atoms with Crippen molar-refractivity contribution in [3.05, 3.63) is 37.3 Å². The number of aromatic nitrogens is 5. The summed E-state index contributed by atoms with van der Waals surface area (Å²) >= 11 is 0. The molecule has 3 aromatic rings. The Morgan fingerprint density at radius 1 is 1.42 bits per heavy atom. The van der Waals surface area contributed by atoms with Gasteiger partial charge in [0.2, 0.25) is 5.91 Å². The van der Waals surface area contributed by atoms with Gasteiger partial charge in [-0.25, -0.2) is 15.0 Å². The van der Waals surface area contributed by atoms with Gasteiger partial charge in [-0.3, -0.25) is 4.79 Å². The molecule has 0 spiro atoms. The number of nitrogens with zero attached hydrogens (tertiary/aromatic N) is 6. The number of imidazole rings is 1. The molecule has 1 fully saturated rings. The lowest BCUT2D eigenvalue weighted by atomic mass is 9.92. The molecule has 1 saturated heterocycles. The summed E-state index contributed by atoms with van der Waals surface area (Å²) in [6.07, 6.45) is 9.63. The molecule has 4 rings (SSSR count). The summed E-state index contributed by atoms with van der Waals surface area (Å²) in [7, 11) is 2.06. The second kappa shape index (κ2) is 6.78. The predicted molar refractivity (Wildman–Crippen MR) is 98.7 cm³/mol. The zero-order valence-corrected chi connectivity index (χ0v) is 15.0. The SMILES string of the molecule is CC1CCN(C(=O)Cn2ccnc2)CC1N(C)c1ncnc2[nH]ccc12. The number of likely N-dealkylation sites (N-methyl/N-ethyl adjacent to an activating group) is 1. The average molecular weight is 353 g/mol. The van der Waals surface area contributed by atoms with Crippen LogP contribution in [0.2, 0.25) is 0 Å². The summed E-state index contributed by atoms with van der Waals surface area (Å²) < 4.78 is 1.81. The Morgan fingerprint density at radius 3 is 3.12 bits per heavy atom. The van der Waals surface area contributed by atoms with E-state index >= 15 is 0 Å². The fraction of sp³-hybridized carbons (Fsp3) is 0.444. The van der Waals surface area contributed by atoms with Gasteiger partial charge in [-0.15, -0.1) is 0 Å². The standard InChI is InChI=1S/C18H23N7O/c1-13-4-7-25(16(26)10-24-8-6-19-12-24)9-15(13)23(2)18-14-3-5-20-17(14)21-11-22-18/h3,5-6,8,11-13,15H,4,7,9-10H2,1-2H3,(H,20,21,22).